The predicted molar refractivity (Wildman–Crippen MR) is 145 cm³/mol. The maximum atomic E-state index is 12.2. The molecule has 1 N–H and O–H groups in total. The summed E-state index contributed by atoms with van der Waals surface area (Å²) in [6.45, 7) is 7.28. The smallest absolute Gasteiger partial charge is 0.329 e. The highest BCUT2D eigenvalue weighted by atomic mass is 31.2. The molecule has 0 aromatic heterocycles. The first-order valence-corrected chi connectivity index (χ1v) is 15.9. The highest BCUT2D eigenvalue weighted by molar-refractivity contribution is 7.52. The number of nitrogens with zero attached hydrogens (tertiary/aromatic N) is 1. The second-order valence-corrected chi connectivity index (χ2v) is 12.0. The number of esters is 1. The summed E-state index contributed by atoms with van der Waals surface area (Å²) in [4.78, 5) is 23.6. The maximum Gasteiger partial charge on any atom is 0.329 e. The average molecular weight is 522 g/mol. The van der Waals surface area contributed by atoms with Crippen LogP contribution < -0.4 is 0 Å². The second-order valence-electron chi connectivity index (χ2n) is 10.0. The van der Waals surface area contributed by atoms with Gasteiger partial charge in [-0.05, 0) is 26.4 Å². The molecular weight excluding hydrogens is 465 g/mol. The highest BCUT2D eigenvalue weighted by Gasteiger charge is 2.24. The molecule has 35 heavy (non-hydrogen) atoms. The molecule has 0 spiro atoms. The van der Waals surface area contributed by atoms with E-state index in [0.717, 1.165) is 12.8 Å². The van der Waals surface area contributed by atoms with Crippen molar-refractivity contribution in [2.45, 2.75) is 117 Å². The van der Waals surface area contributed by atoms with Crippen molar-refractivity contribution in [3.8, 4) is 0 Å². The molecule has 0 heterocycles. The number of hydrogen-bond donors (Lipinski definition) is 1. The van der Waals surface area contributed by atoms with Crippen molar-refractivity contribution >= 4 is 13.6 Å². The average Bonchev–Trinajstić information content (AvgIpc) is 2.83. The van der Waals surface area contributed by atoms with Crippen LogP contribution in [0.25, 0.3) is 0 Å². The fourth-order valence-electron chi connectivity index (χ4n) is 3.91. The molecule has 0 aliphatic carbocycles. The lowest BCUT2D eigenvalue weighted by Gasteiger charge is -2.21. The van der Waals surface area contributed by atoms with Gasteiger partial charge in [0, 0.05) is 19.6 Å². The second kappa shape index (κ2) is 22.7. The third kappa shape index (κ3) is 22.5. The Morgan fingerprint density at radius 3 is 2.03 bits per heavy atom. The number of ether oxygens (including phenoxy) is 2. The lowest BCUT2D eigenvalue weighted by Crippen LogP contribution is -2.29. The molecule has 0 aliphatic heterocycles. The van der Waals surface area contributed by atoms with Gasteiger partial charge in [0.25, 0.3) is 0 Å². The van der Waals surface area contributed by atoms with Crippen LogP contribution in [0, 0.1) is 5.92 Å². The van der Waals surface area contributed by atoms with E-state index in [0.29, 0.717) is 19.1 Å². The van der Waals surface area contributed by atoms with Crippen molar-refractivity contribution < 1.29 is 28.3 Å². The molecule has 0 radical (unpaired) electrons. The van der Waals surface area contributed by atoms with Crippen molar-refractivity contribution in [3.05, 3.63) is 0 Å². The van der Waals surface area contributed by atoms with E-state index < -0.39 is 13.7 Å². The van der Waals surface area contributed by atoms with Crippen molar-refractivity contribution in [2.75, 3.05) is 46.6 Å². The molecule has 210 valence electrons. The van der Waals surface area contributed by atoms with Gasteiger partial charge in [0.05, 0.1) is 19.4 Å². The van der Waals surface area contributed by atoms with Crippen LogP contribution in [0.15, 0.2) is 0 Å². The van der Waals surface area contributed by atoms with Crippen molar-refractivity contribution in [2.24, 2.45) is 5.92 Å². The van der Waals surface area contributed by atoms with Crippen LogP contribution in [0.4, 0.5) is 0 Å². The van der Waals surface area contributed by atoms with Crippen LogP contribution in [-0.4, -0.2) is 68.5 Å². The minimum atomic E-state index is -3.73. The van der Waals surface area contributed by atoms with E-state index in [9.17, 15) is 14.3 Å². The largest absolute Gasteiger partial charge is 0.457 e. The van der Waals surface area contributed by atoms with Crippen LogP contribution in [0.1, 0.15) is 111 Å². The molecule has 0 saturated heterocycles. The molecule has 0 saturated carbocycles. The molecule has 0 fully saturated rings. The number of unbranched alkanes of at least 4 members (excludes halogenated alkanes) is 9. The number of carbonyl (C=O) groups excluding carboxylic acids is 1. The molecule has 0 aliphatic rings. The molecule has 7 nitrogen and oxygen atoms in total. The fraction of sp³-hybridized carbons (Fsp3) is 0.963. The normalized spacial score (nSPS) is 15.2. The Hall–Kier alpha value is -0.460. The Bertz CT molecular complexity index is 546. The Balaban J connectivity index is 4.12. The van der Waals surface area contributed by atoms with Gasteiger partial charge in [-0.25, -0.2) is 0 Å². The molecule has 3 unspecified atom stereocenters. The Morgan fingerprint density at radius 2 is 1.49 bits per heavy atom. The zero-order valence-electron chi connectivity index (χ0n) is 23.5. The van der Waals surface area contributed by atoms with Crippen LogP contribution in [0.5, 0.6) is 0 Å². The molecule has 8 heteroatoms. The van der Waals surface area contributed by atoms with Gasteiger partial charge in [-0.1, -0.05) is 97.8 Å². The van der Waals surface area contributed by atoms with Gasteiger partial charge in [0.2, 0.25) is 0 Å². The molecule has 0 rings (SSSR count). The van der Waals surface area contributed by atoms with Crippen LogP contribution in [0.2, 0.25) is 0 Å². The van der Waals surface area contributed by atoms with Crippen LogP contribution in [-0.2, 0) is 23.4 Å². The topological polar surface area (TPSA) is 85.3 Å². The van der Waals surface area contributed by atoms with Gasteiger partial charge in [-0.2, -0.15) is 0 Å². The third-order valence-corrected chi connectivity index (χ3v) is 7.71. The van der Waals surface area contributed by atoms with Gasteiger partial charge in [-0.15, -0.1) is 0 Å². The molecular formula is C27H56NO6P. The summed E-state index contributed by atoms with van der Waals surface area (Å²) >= 11 is 0. The molecule has 0 aromatic carbocycles. The highest BCUT2D eigenvalue weighted by Crippen LogP contribution is 2.41. The molecule has 0 amide bonds. The zero-order chi connectivity index (χ0) is 26.4. The van der Waals surface area contributed by atoms with E-state index in [4.69, 9.17) is 14.0 Å². The Kier molecular flexibility index (Phi) is 22.4. The lowest BCUT2D eigenvalue weighted by atomic mass is 9.95. The summed E-state index contributed by atoms with van der Waals surface area (Å²) in [6, 6.07) is 0. The van der Waals surface area contributed by atoms with Crippen molar-refractivity contribution in [3.63, 3.8) is 0 Å². The summed E-state index contributed by atoms with van der Waals surface area (Å²) in [5.41, 5.74) is 0. The number of hydrogen-bond acceptors (Lipinski definition) is 6. The Morgan fingerprint density at radius 1 is 0.886 bits per heavy atom. The lowest BCUT2D eigenvalue weighted by molar-refractivity contribution is -0.154. The first kappa shape index (κ1) is 34.5. The summed E-state index contributed by atoms with van der Waals surface area (Å²) in [7, 11) is -0.0641. The fourth-order valence-corrected chi connectivity index (χ4v) is 5.09. The third-order valence-electron chi connectivity index (χ3n) is 6.40. The van der Waals surface area contributed by atoms with E-state index in [1.165, 1.54) is 70.6 Å². The minimum Gasteiger partial charge on any atom is -0.457 e. The Labute approximate surface area is 216 Å². The van der Waals surface area contributed by atoms with Gasteiger partial charge in [-0.3, -0.25) is 9.36 Å². The molecule has 0 bridgehead atoms. The van der Waals surface area contributed by atoms with E-state index in [1.807, 2.05) is 19.0 Å². The summed E-state index contributed by atoms with van der Waals surface area (Å²) < 4.78 is 28.6. The molecule has 3 atom stereocenters. The molecule has 0 aromatic rings. The van der Waals surface area contributed by atoms with E-state index in [-0.39, 0.29) is 31.8 Å². The van der Waals surface area contributed by atoms with E-state index in [2.05, 4.69) is 13.8 Å². The van der Waals surface area contributed by atoms with Crippen molar-refractivity contribution in [1.82, 2.24) is 4.90 Å². The summed E-state index contributed by atoms with van der Waals surface area (Å²) in [6.07, 6.45) is 16.5. The van der Waals surface area contributed by atoms with E-state index >= 15 is 0 Å². The minimum absolute atomic E-state index is 0.0342. The summed E-state index contributed by atoms with van der Waals surface area (Å²) in [5, 5.41) is 0. The van der Waals surface area contributed by atoms with Gasteiger partial charge in [0.15, 0.2) is 0 Å². The first-order chi connectivity index (χ1) is 16.7. The van der Waals surface area contributed by atoms with Crippen LogP contribution >= 0.6 is 7.60 Å². The standard InChI is InChI=1S/C27H56NO6P/c1-6-9-10-11-12-13-14-15-16-17-18-25(7-2)19-21-32-23-26(34-27(29)8-3)24-33-35(30,31)22-20-28(4)5/h25-26H,6-24H2,1-5H3,(H,30,31). The summed E-state index contributed by atoms with van der Waals surface area (Å²) in [5.74, 6) is 0.274. The van der Waals surface area contributed by atoms with Gasteiger partial charge >= 0.3 is 13.6 Å². The number of carbonyl (C=O) groups is 1. The first-order valence-electron chi connectivity index (χ1n) is 14.1. The monoisotopic (exact) mass is 521 g/mol. The number of rotatable bonds is 25. The SMILES string of the molecule is CCCCCCCCCCCCC(CC)CCOCC(COP(=O)(O)CCN(C)C)OC(=O)CC. The zero-order valence-corrected chi connectivity index (χ0v) is 24.4. The van der Waals surface area contributed by atoms with Gasteiger partial charge < -0.3 is 23.8 Å². The van der Waals surface area contributed by atoms with Crippen LogP contribution in [0.3, 0.4) is 0 Å². The van der Waals surface area contributed by atoms with Gasteiger partial charge in [0.1, 0.15) is 6.10 Å². The predicted octanol–water partition coefficient (Wildman–Crippen LogP) is 6.82. The van der Waals surface area contributed by atoms with E-state index in [1.54, 1.807) is 6.92 Å². The maximum absolute atomic E-state index is 12.2. The van der Waals surface area contributed by atoms with Crippen molar-refractivity contribution in [1.29, 1.82) is 0 Å². The quantitative estimate of drug-likeness (QED) is 0.0802.